The van der Waals surface area contributed by atoms with E-state index in [9.17, 15) is 17.6 Å². The van der Waals surface area contributed by atoms with Crippen molar-refractivity contribution in [2.24, 2.45) is 5.10 Å². The maximum atomic E-state index is 14.2. The van der Waals surface area contributed by atoms with Crippen LogP contribution >= 0.6 is 11.6 Å². The van der Waals surface area contributed by atoms with E-state index in [1.165, 1.54) is 12.3 Å². The molecule has 174 valence electrons. The van der Waals surface area contributed by atoms with Gasteiger partial charge in [0.15, 0.2) is 0 Å². The molecule has 0 unspecified atom stereocenters. The number of carbonyl (C=O) groups excluding carboxylic acids is 1. The second-order valence-electron chi connectivity index (χ2n) is 7.61. The quantitative estimate of drug-likeness (QED) is 0.399. The number of anilines is 1. The van der Waals surface area contributed by atoms with Gasteiger partial charge < -0.3 is 4.57 Å². The van der Waals surface area contributed by atoms with E-state index in [-0.39, 0.29) is 5.82 Å². The van der Waals surface area contributed by atoms with Gasteiger partial charge in [-0.2, -0.15) is 5.10 Å². The van der Waals surface area contributed by atoms with Gasteiger partial charge in [-0.1, -0.05) is 23.7 Å². The number of carbonyl (C=O) groups is 1. The summed E-state index contributed by atoms with van der Waals surface area (Å²) in [6, 6.07) is 13.0. The molecule has 1 N–H and O–H groups in total. The molecule has 0 saturated carbocycles. The predicted molar refractivity (Wildman–Crippen MR) is 129 cm³/mol. The first kappa shape index (κ1) is 24.5. The van der Waals surface area contributed by atoms with Crippen molar-refractivity contribution in [3.8, 4) is 5.69 Å². The minimum Gasteiger partial charge on any atom is -0.315 e. The van der Waals surface area contributed by atoms with Crippen LogP contribution in [0.25, 0.3) is 5.69 Å². The number of halogens is 2. The van der Waals surface area contributed by atoms with Gasteiger partial charge in [0.25, 0.3) is 5.91 Å². The molecule has 7 nitrogen and oxygen atoms in total. The minimum atomic E-state index is -3.73. The summed E-state index contributed by atoms with van der Waals surface area (Å²) in [6.45, 7) is 4.92. The van der Waals surface area contributed by atoms with E-state index in [1.54, 1.807) is 47.9 Å². The van der Waals surface area contributed by atoms with Crippen LogP contribution in [0.2, 0.25) is 5.02 Å². The Morgan fingerprint density at radius 2 is 1.88 bits per heavy atom. The zero-order valence-corrected chi connectivity index (χ0v) is 20.2. The highest BCUT2D eigenvalue weighted by Gasteiger charge is 2.22. The van der Waals surface area contributed by atoms with Gasteiger partial charge in [0.1, 0.15) is 12.4 Å². The fourth-order valence-electron chi connectivity index (χ4n) is 3.54. The number of rotatable bonds is 7. The molecule has 1 amide bonds. The maximum Gasteiger partial charge on any atom is 0.260 e. The molecule has 0 bridgehead atoms. The van der Waals surface area contributed by atoms with Crippen LogP contribution in [0, 0.1) is 26.6 Å². The topological polar surface area (TPSA) is 83.8 Å². The summed E-state index contributed by atoms with van der Waals surface area (Å²) < 4.78 is 41.6. The summed E-state index contributed by atoms with van der Waals surface area (Å²) in [4.78, 5) is 12.5. The zero-order chi connectivity index (χ0) is 24.3. The molecular formula is C23H24ClFN4O3S. The van der Waals surface area contributed by atoms with Crippen molar-refractivity contribution in [3.63, 3.8) is 0 Å². The van der Waals surface area contributed by atoms with Gasteiger partial charge in [0.2, 0.25) is 10.0 Å². The van der Waals surface area contributed by atoms with Crippen LogP contribution in [-0.4, -0.2) is 37.9 Å². The Morgan fingerprint density at radius 1 is 1.18 bits per heavy atom. The second-order valence-corrected chi connectivity index (χ2v) is 9.95. The predicted octanol–water partition coefficient (Wildman–Crippen LogP) is 4.11. The lowest BCUT2D eigenvalue weighted by Gasteiger charge is -2.23. The molecule has 0 aliphatic rings. The number of hydrazone groups is 1. The van der Waals surface area contributed by atoms with E-state index >= 15 is 0 Å². The molecule has 0 aliphatic heterocycles. The summed E-state index contributed by atoms with van der Waals surface area (Å²) >= 11 is 5.95. The first-order chi connectivity index (χ1) is 15.5. The molecule has 33 heavy (non-hydrogen) atoms. The summed E-state index contributed by atoms with van der Waals surface area (Å²) in [5, 5.41) is 4.43. The Balaban J connectivity index is 1.77. The van der Waals surface area contributed by atoms with Crippen molar-refractivity contribution in [1.29, 1.82) is 0 Å². The highest BCUT2D eigenvalue weighted by atomic mass is 35.5. The summed E-state index contributed by atoms with van der Waals surface area (Å²) in [7, 11) is -3.73. The number of aryl methyl sites for hydroxylation is 2. The van der Waals surface area contributed by atoms with Gasteiger partial charge in [-0.05, 0) is 62.7 Å². The number of benzene rings is 2. The Kier molecular flexibility index (Phi) is 7.24. The van der Waals surface area contributed by atoms with Crippen molar-refractivity contribution >= 4 is 39.4 Å². The van der Waals surface area contributed by atoms with E-state index < -0.39 is 22.5 Å². The third-order valence-corrected chi connectivity index (χ3v) is 6.43. The third-order valence-electron chi connectivity index (χ3n) is 5.07. The number of sulfonamides is 1. The number of para-hydroxylation sites is 1. The molecule has 1 heterocycles. The average Bonchev–Trinajstić information content (AvgIpc) is 3.00. The lowest BCUT2D eigenvalue weighted by Crippen LogP contribution is -2.39. The van der Waals surface area contributed by atoms with Gasteiger partial charge in [0.05, 0.1) is 23.8 Å². The number of amides is 1. The number of nitrogens with zero attached hydrogens (tertiary/aromatic N) is 3. The Morgan fingerprint density at radius 3 is 2.52 bits per heavy atom. The van der Waals surface area contributed by atoms with Crippen molar-refractivity contribution in [1.82, 2.24) is 9.99 Å². The van der Waals surface area contributed by atoms with Gasteiger partial charge in [-0.3, -0.25) is 9.10 Å². The molecule has 0 saturated heterocycles. The molecule has 0 aliphatic carbocycles. The molecule has 3 aromatic rings. The fourth-order valence-corrected chi connectivity index (χ4v) is 4.68. The smallest absolute Gasteiger partial charge is 0.260 e. The van der Waals surface area contributed by atoms with Gasteiger partial charge in [-0.15, -0.1) is 0 Å². The summed E-state index contributed by atoms with van der Waals surface area (Å²) in [5.74, 6) is -0.969. The molecule has 2 aromatic carbocycles. The average molecular weight is 491 g/mol. The minimum absolute atomic E-state index is 0.352. The molecular weight excluding hydrogens is 467 g/mol. The Labute approximate surface area is 197 Å². The highest BCUT2D eigenvalue weighted by Crippen LogP contribution is 2.25. The molecule has 1 aromatic heterocycles. The van der Waals surface area contributed by atoms with Gasteiger partial charge in [0, 0.05) is 22.0 Å². The highest BCUT2D eigenvalue weighted by molar-refractivity contribution is 7.92. The van der Waals surface area contributed by atoms with Crippen LogP contribution in [0.5, 0.6) is 0 Å². The SMILES string of the molecule is Cc1cc(Cl)ccc1N(CC(=O)N/N=C/c1cc(C)n(-c2ccccc2F)c1C)S(C)(=O)=O. The van der Waals surface area contributed by atoms with Crippen molar-refractivity contribution in [2.75, 3.05) is 17.1 Å². The molecule has 10 heteroatoms. The number of hydrogen-bond acceptors (Lipinski definition) is 4. The van der Waals surface area contributed by atoms with Crippen molar-refractivity contribution in [3.05, 3.63) is 81.9 Å². The Bertz CT molecular complexity index is 1340. The molecule has 0 radical (unpaired) electrons. The van der Waals surface area contributed by atoms with E-state index in [0.29, 0.717) is 27.5 Å². The lowest BCUT2D eigenvalue weighted by atomic mass is 10.2. The number of hydrogen-bond donors (Lipinski definition) is 1. The normalized spacial score (nSPS) is 11.7. The van der Waals surface area contributed by atoms with Crippen LogP contribution in [0.4, 0.5) is 10.1 Å². The molecule has 0 spiro atoms. The second kappa shape index (κ2) is 9.76. The first-order valence-corrected chi connectivity index (χ1v) is 12.2. The van der Waals surface area contributed by atoms with Crippen LogP contribution < -0.4 is 9.73 Å². The third kappa shape index (κ3) is 5.61. The first-order valence-electron chi connectivity index (χ1n) is 9.98. The van der Waals surface area contributed by atoms with E-state index in [0.717, 1.165) is 21.9 Å². The number of aromatic nitrogens is 1. The van der Waals surface area contributed by atoms with E-state index in [2.05, 4.69) is 10.5 Å². The molecule has 0 atom stereocenters. The largest absolute Gasteiger partial charge is 0.315 e. The fraction of sp³-hybridized carbons (Fsp3) is 0.217. The van der Waals surface area contributed by atoms with Gasteiger partial charge >= 0.3 is 0 Å². The maximum absolute atomic E-state index is 14.2. The monoisotopic (exact) mass is 490 g/mol. The molecule has 3 rings (SSSR count). The van der Waals surface area contributed by atoms with E-state index in [4.69, 9.17) is 11.6 Å². The van der Waals surface area contributed by atoms with Crippen LogP contribution in [0.1, 0.15) is 22.5 Å². The zero-order valence-electron chi connectivity index (χ0n) is 18.6. The Hall–Kier alpha value is -3.17. The van der Waals surface area contributed by atoms with Crippen LogP contribution in [0.3, 0.4) is 0 Å². The van der Waals surface area contributed by atoms with Crippen LogP contribution in [0.15, 0.2) is 53.6 Å². The van der Waals surface area contributed by atoms with Crippen molar-refractivity contribution < 1.29 is 17.6 Å². The standard InChI is InChI=1S/C23H24ClFN4O3S/c1-15-11-19(24)9-10-21(15)28(33(4,31)32)14-23(30)27-26-13-18-12-16(2)29(17(18)3)22-8-6-5-7-20(22)25/h5-13H,14H2,1-4H3,(H,27,30)/b26-13+. The number of nitrogens with one attached hydrogen (secondary N) is 1. The molecule has 0 fully saturated rings. The summed E-state index contributed by atoms with van der Waals surface area (Å²) in [6.07, 6.45) is 2.46. The van der Waals surface area contributed by atoms with E-state index in [1.807, 2.05) is 19.9 Å². The summed E-state index contributed by atoms with van der Waals surface area (Å²) in [5.41, 5.74) is 5.97. The van der Waals surface area contributed by atoms with Crippen LogP contribution in [-0.2, 0) is 14.8 Å². The van der Waals surface area contributed by atoms with Crippen molar-refractivity contribution in [2.45, 2.75) is 20.8 Å². The lowest BCUT2D eigenvalue weighted by molar-refractivity contribution is -0.119. The van der Waals surface area contributed by atoms with Gasteiger partial charge in [-0.25, -0.2) is 18.2 Å².